The molecule has 0 bridgehead atoms. The van der Waals surface area contributed by atoms with Crippen LogP contribution in [-0.2, 0) is 26.7 Å². The molecule has 0 atom stereocenters. The number of hydrogen-bond acceptors (Lipinski definition) is 4. The van der Waals surface area contributed by atoms with Crippen LogP contribution in [-0.4, -0.2) is 27.3 Å². The summed E-state index contributed by atoms with van der Waals surface area (Å²) in [7, 11) is 1.97. The molecule has 0 aliphatic heterocycles. The van der Waals surface area contributed by atoms with Crippen LogP contribution < -0.4 is 15.4 Å². The molecule has 2 aromatic carbocycles. The minimum absolute atomic E-state index is 0. The van der Waals surface area contributed by atoms with E-state index in [0.29, 0.717) is 19.6 Å². The van der Waals surface area contributed by atoms with E-state index < -0.39 is 0 Å². The number of para-hydroxylation sites is 1. The molecule has 0 saturated heterocycles. The number of ether oxygens (including phenoxy) is 1. The monoisotopic (exact) mass is 546 g/mol. The number of hydrogen-bond donors (Lipinski definition) is 2. The molecule has 1 aliphatic rings. The highest BCUT2D eigenvalue weighted by Crippen LogP contribution is 2.30. The molecule has 32 heavy (non-hydrogen) atoms. The quantitative estimate of drug-likeness (QED) is 0.242. The molecule has 4 rings (SSSR count). The molecule has 0 radical (unpaired) electrons. The van der Waals surface area contributed by atoms with Crippen molar-refractivity contribution in [2.75, 3.05) is 6.61 Å². The number of rotatable bonds is 9. The van der Waals surface area contributed by atoms with Crippen molar-refractivity contribution >= 4 is 29.9 Å². The van der Waals surface area contributed by atoms with Gasteiger partial charge in [-0.3, -0.25) is 0 Å². The van der Waals surface area contributed by atoms with Gasteiger partial charge in [-0.25, -0.2) is 4.99 Å². The third kappa shape index (κ3) is 6.94. The summed E-state index contributed by atoms with van der Waals surface area (Å²) in [6.07, 6.45) is 2.56. The van der Waals surface area contributed by atoms with Crippen molar-refractivity contribution in [3.63, 3.8) is 0 Å². The van der Waals surface area contributed by atoms with E-state index in [9.17, 15) is 0 Å². The summed E-state index contributed by atoms with van der Waals surface area (Å²) in [5, 5.41) is 15.2. The fraction of sp³-hybridized carbons (Fsp3) is 0.375. The molecule has 1 saturated carbocycles. The number of aryl methyl sites for hydroxylation is 1. The summed E-state index contributed by atoms with van der Waals surface area (Å²) in [5.41, 5.74) is 2.28. The third-order valence-electron chi connectivity index (χ3n) is 5.45. The summed E-state index contributed by atoms with van der Waals surface area (Å²) < 4.78 is 8.02. The molecule has 0 spiro atoms. The van der Waals surface area contributed by atoms with Gasteiger partial charge in [0.15, 0.2) is 11.8 Å². The Labute approximate surface area is 206 Å². The second-order valence-corrected chi connectivity index (χ2v) is 7.94. The SMILES string of the molecule is Cc1nnc(CNC(=NCc2ccccc2)NCc2ccccc2OCC2CC2)n1C.I. The van der Waals surface area contributed by atoms with Crippen LogP contribution in [0.1, 0.15) is 35.6 Å². The zero-order chi connectivity index (χ0) is 21.5. The van der Waals surface area contributed by atoms with E-state index in [0.717, 1.165) is 47.0 Å². The largest absolute Gasteiger partial charge is 0.493 e. The molecular formula is C24H31IN6O. The predicted molar refractivity (Wildman–Crippen MR) is 137 cm³/mol. The van der Waals surface area contributed by atoms with Gasteiger partial charge in [-0.15, -0.1) is 34.2 Å². The number of aliphatic imine (C=N–C) groups is 1. The Morgan fingerprint density at radius 1 is 1.03 bits per heavy atom. The molecule has 0 amide bonds. The van der Waals surface area contributed by atoms with E-state index in [1.54, 1.807) is 0 Å². The molecular weight excluding hydrogens is 515 g/mol. The van der Waals surface area contributed by atoms with Crippen molar-refractivity contribution in [3.05, 3.63) is 77.4 Å². The van der Waals surface area contributed by atoms with Crippen molar-refractivity contribution in [1.29, 1.82) is 0 Å². The zero-order valence-electron chi connectivity index (χ0n) is 18.6. The number of benzene rings is 2. The molecule has 0 unspecified atom stereocenters. The highest BCUT2D eigenvalue weighted by molar-refractivity contribution is 14.0. The number of halogens is 1. The summed E-state index contributed by atoms with van der Waals surface area (Å²) in [6.45, 7) is 4.50. The molecule has 3 aromatic rings. The van der Waals surface area contributed by atoms with E-state index in [1.165, 1.54) is 12.8 Å². The number of aromatic nitrogens is 3. The van der Waals surface area contributed by atoms with Crippen molar-refractivity contribution in [1.82, 2.24) is 25.4 Å². The van der Waals surface area contributed by atoms with Crippen molar-refractivity contribution in [2.24, 2.45) is 18.0 Å². The molecule has 1 aliphatic carbocycles. The average molecular weight is 546 g/mol. The maximum atomic E-state index is 6.05. The second-order valence-electron chi connectivity index (χ2n) is 7.94. The summed E-state index contributed by atoms with van der Waals surface area (Å²) >= 11 is 0. The van der Waals surface area contributed by atoms with Gasteiger partial charge in [0.1, 0.15) is 11.6 Å². The first-order valence-electron chi connectivity index (χ1n) is 10.8. The van der Waals surface area contributed by atoms with E-state index in [1.807, 2.05) is 54.9 Å². The Kier molecular flexibility index (Phi) is 8.90. The van der Waals surface area contributed by atoms with Gasteiger partial charge >= 0.3 is 0 Å². The predicted octanol–water partition coefficient (Wildman–Crippen LogP) is 3.97. The van der Waals surface area contributed by atoms with Crippen molar-refractivity contribution in [3.8, 4) is 5.75 Å². The lowest BCUT2D eigenvalue weighted by molar-refractivity contribution is 0.296. The zero-order valence-corrected chi connectivity index (χ0v) is 21.0. The molecule has 1 fully saturated rings. The van der Waals surface area contributed by atoms with Gasteiger partial charge in [-0.05, 0) is 37.3 Å². The van der Waals surface area contributed by atoms with Crippen molar-refractivity contribution in [2.45, 2.75) is 39.4 Å². The van der Waals surface area contributed by atoms with Crippen LogP contribution in [0.25, 0.3) is 0 Å². The number of nitrogens with one attached hydrogen (secondary N) is 2. The van der Waals surface area contributed by atoms with Gasteiger partial charge < -0.3 is 19.9 Å². The molecule has 170 valence electrons. The molecule has 2 N–H and O–H groups in total. The van der Waals surface area contributed by atoms with Gasteiger partial charge in [0.2, 0.25) is 0 Å². The molecule has 8 heteroatoms. The first kappa shape index (κ1) is 24.0. The maximum absolute atomic E-state index is 6.05. The lowest BCUT2D eigenvalue weighted by Crippen LogP contribution is -2.37. The first-order valence-corrected chi connectivity index (χ1v) is 10.8. The van der Waals surface area contributed by atoms with E-state index in [4.69, 9.17) is 9.73 Å². The molecule has 1 heterocycles. The first-order chi connectivity index (χ1) is 15.2. The highest BCUT2D eigenvalue weighted by atomic mass is 127. The smallest absolute Gasteiger partial charge is 0.192 e. The van der Waals surface area contributed by atoms with E-state index in [-0.39, 0.29) is 24.0 Å². The standard InChI is InChI=1S/C24H30N6O.HI/c1-18-28-29-23(30(18)2)16-27-24(25-14-19-8-4-3-5-9-19)26-15-21-10-6-7-11-22(21)31-17-20-12-13-20;/h3-11,20H,12-17H2,1-2H3,(H2,25,26,27);1H. The number of guanidine groups is 1. The van der Waals surface area contributed by atoms with Crippen molar-refractivity contribution < 1.29 is 4.74 Å². The Bertz CT molecular complexity index is 1020. The minimum Gasteiger partial charge on any atom is -0.493 e. The van der Waals surface area contributed by atoms with Crippen LogP contribution in [0, 0.1) is 12.8 Å². The number of nitrogens with zero attached hydrogens (tertiary/aromatic N) is 4. The lowest BCUT2D eigenvalue weighted by Gasteiger charge is -2.15. The summed E-state index contributed by atoms with van der Waals surface area (Å²) in [4.78, 5) is 4.77. The van der Waals surface area contributed by atoms with E-state index in [2.05, 4.69) is 39.0 Å². The van der Waals surface area contributed by atoms with Crippen LogP contribution in [0.4, 0.5) is 0 Å². The lowest BCUT2D eigenvalue weighted by atomic mass is 10.2. The third-order valence-corrected chi connectivity index (χ3v) is 5.45. The Balaban J connectivity index is 0.00000289. The average Bonchev–Trinajstić information content (AvgIpc) is 3.58. The normalized spacial score (nSPS) is 13.4. The Morgan fingerprint density at radius 2 is 1.75 bits per heavy atom. The molecule has 1 aromatic heterocycles. The summed E-state index contributed by atoms with van der Waals surface area (Å²) in [5.74, 6) is 4.13. The Hall–Kier alpha value is -2.62. The minimum atomic E-state index is 0. The van der Waals surface area contributed by atoms with Gasteiger partial charge in [-0.1, -0.05) is 48.5 Å². The highest BCUT2D eigenvalue weighted by Gasteiger charge is 2.22. The van der Waals surface area contributed by atoms with Gasteiger partial charge in [0.25, 0.3) is 0 Å². The van der Waals surface area contributed by atoms with Crippen LogP contribution in [0.5, 0.6) is 5.75 Å². The van der Waals surface area contributed by atoms with Crippen LogP contribution in [0.3, 0.4) is 0 Å². The van der Waals surface area contributed by atoms with Gasteiger partial charge in [0, 0.05) is 19.2 Å². The Morgan fingerprint density at radius 3 is 2.47 bits per heavy atom. The van der Waals surface area contributed by atoms with Gasteiger partial charge in [-0.2, -0.15) is 0 Å². The topological polar surface area (TPSA) is 76.4 Å². The second kappa shape index (κ2) is 11.8. The van der Waals surface area contributed by atoms with Crippen LogP contribution >= 0.6 is 24.0 Å². The molecule has 7 nitrogen and oxygen atoms in total. The van der Waals surface area contributed by atoms with Crippen LogP contribution in [0.2, 0.25) is 0 Å². The van der Waals surface area contributed by atoms with Crippen LogP contribution in [0.15, 0.2) is 59.6 Å². The fourth-order valence-corrected chi connectivity index (χ4v) is 3.16. The summed E-state index contributed by atoms with van der Waals surface area (Å²) in [6, 6.07) is 18.4. The fourth-order valence-electron chi connectivity index (χ4n) is 3.16. The maximum Gasteiger partial charge on any atom is 0.192 e. The van der Waals surface area contributed by atoms with E-state index >= 15 is 0 Å². The van der Waals surface area contributed by atoms with Gasteiger partial charge in [0.05, 0.1) is 19.7 Å².